The average Bonchev–Trinajstić information content (AvgIpc) is 3.55. The molecule has 7 heteroatoms. The van der Waals surface area contributed by atoms with Gasteiger partial charge in [-0.3, -0.25) is 9.69 Å². The van der Waals surface area contributed by atoms with Gasteiger partial charge in [-0.1, -0.05) is 38.1 Å². The van der Waals surface area contributed by atoms with Gasteiger partial charge in [-0.05, 0) is 29.9 Å². The Morgan fingerprint density at radius 1 is 1.23 bits per heavy atom. The molecule has 0 radical (unpaired) electrons. The van der Waals surface area contributed by atoms with Gasteiger partial charge in [0.05, 0.1) is 6.54 Å². The molecule has 0 spiro atoms. The van der Waals surface area contributed by atoms with Crippen LogP contribution in [0.3, 0.4) is 0 Å². The van der Waals surface area contributed by atoms with Gasteiger partial charge >= 0.3 is 0 Å². The molecule has 2 fully saturated rings. The summed E-state index contributed by atoms with van der Waals surface area (Å²) in [7, 11) is 0. The van der Waals surface area contributed by atoms with E-state index in [0.29, 0.717) is 62.2 Å². The number of hydrogen-bond acceptors (Lipinski definition) is 6. The molecule has 2 heterocycles. The number of carbonyl (C=O) groups excluding carboxylic acids is 1. The number of amides is 1. The van der Waals surface area contributed by atoms with E-state index in [-0.39, 0.29) is 5.91 Å². The number of oxazole rings is 1. The van der Waals surface area contributed by atoms with Crippen LogP contribution in [0.4, 0.5) is 5.88 Å². The molecule has 2 aliphatic rings. The third-order valence-corrected chi connectivity index (χ3v) is 6.18. The third kappa shape index (κ3) is 5.08. The topological polar surface area (TPSA) is 76.6 Å². The minimum Gasteiger partial charge on any atom is -0.424 e. The molecular formula is C24H31N5O2. The van der Waals surface area contributed by atoms with Crippen molar-refractivity contribution in [3.63, 3.8) is 0 Å². The molecular weight excluding hydrogens is 390 g/mol. The lowest BCUT2D eigenvalue weighted by Gasteiger charge is -2.35. The maximum absolute atomic E-state index is 13.0. The fourth-order valence-corrected chi connectivity index (χ4v) is 4.13. The molecule has 31 heavy (non-hydrogen) atoms. The van der Waals surface area contributed by atoms with Crippen LogP contribution in [0.5, 0.6) is 0 Å². The summed E-state index contributed by atoms with van der Waals surface area (Å²) in [5, 5.41) is 9.25. The third-order valence-electron chi connectivity index (χ3n) is 6.18. The predicted molar refractivity (Wildman–Crippen MR) is 119 cm³/mol. The van der Waals surface area contributed by atoms with Crippen molar-refractivity contribution in [1.82, 2.24) is 14.8 Å². The zero-order chi connectivity index (χ0) is 22.0. The first-order valence-electron chi connectivity index (χ1n) is 11.2. The maximum Gasteiger partial charge on any atom is 0.236 e. The second-order valence-corrected chi connectivity index (χ2v) is 8.90. The van der Waals surface area contributed by atoms with Crippen molar-refractivity contribution in [2.45, 2.75) is 52.1 Å². The smallest absolute Gasteiger partial charge is 0.236 e. The summed E-state index contributed by atoms with van der Waals surface area (Å²) < 4.78 is 5.62. The summed E-state index contributed by atoms with van der Waals surface area (Å²) in [6.45, 7) is 9.98. The van der Waals surface area contributed by atoms with Crippen molar-refractivity contribution < 1.29 is 9.21 Å². The molecule has 2 aromatic rings. The number of nitriles is 1. The molecule has 4 rings (SSSR count). The number of hydrogen-bond donors (Lipinski definition) is 0. The molecule has 1 aromatic carbocycles. The van der Waals surface area contributed by atoms with E-state index < -0.39 is 0 Å². The maximum atomic E-state index is 13.0. The van der Waals surface area contributed by atoms with Gasteiger partial charge in [0.15, 0.2) is 5.89 Å². The van der Waals surface area contributed by atoms with Gasteiger partial charge < -0.3 is 14.2 Å². The highest BCUT2D eigenvalue weighted by atomic mass is 16.4. The molecule has 1 aliphatic heterocycles. The van der Waals surface area contributed by atoms with E-state index in [1.807, 2.05) is 9.80 Å². The van der Waals surface area contributed by atoms with Gasteiger partial charge in [0.25, 0.3) is 0 Å². The van der Waals surface area contributed by atoms with Crippen molar-refractivity contribution in [3.8, 4) is 6.07 Å². The van der Waals surface area contributed by atoms with Crippen LogP contribution in [0.1, 0.15) is 55.3 Å². The fraction of sp³-hybridized carbons (Fsp3) is 0.542. The molecule has 7 nitrogen and oxygen atoms in total. The lowest BCUT2D eigenvalue weighted by atomic mass is 10.0. The quantitative estimate of drug-likeness (QED) is 0.683. The number of rotatable bonds is 7. The van der Waals surface area contributed by atoms with E-state index in [2.05, 4.69) is 54.1 Å². The molecule has 164 valence electrons. The van der Waals surface area contributed by atoms with Gasteiger partial charge in [-0.15, -0.1) is 0 Å². The fourth-order valence-electron chi connectivity index (χ4n) is 4.13. The van der Waals surface area contributed by atoms with Crippen LogP contribution in [0.2, 0.25) is 0 Å². The Morgan fingerprint density at radius 3 is 2.48 bits per heavy atom. The molecule has 1 saturated heterocycles. The molecule has 1 aliphatic carbocycles. The first-order chi connectivity index (χ1) is 14.9. The highest BCUT2D eigenvalue weighted by Crippen LogP contribution is 2.29. The highest BCUT2D eigenvalue weighted by Gasteiger charge is 2.32. The number of aromatic nitrogens is 1. The van der Waals surface area contributed by atoms with Crippen LogP contribution >= 0.6 is 0 Å². The van der Waals surface area contributed by atoms with Gasteiger partial charge in [0.2, 0.25) is 17.5 Å². The molecule has 0 atom stereocenters. The first-order valence-corrected chi connectivity index (χ1v) is 11.2. The van der Waals surface area contributed by atoms with Crippen LogP contribution in [0, 0.1) is 18.3 Å². The summed E-state index contributed by atoms with van der Waals surface area (Å²) in [6.07, 6.45) is 2.35. The van der Waals surface area contributed by atoms with Crippen LogP contribution < -0.4 is 4.90 Å². The van der Waals surface area contributed by atoms with E-state index >= 15 is 0 Å². The van der Waals surface area contributed by atoms with Crippen molar-refractivity contribution >= 4 is 11.8 Å². The zero-order valence-corrected chi connectivity index (χ0v) is 18.7. The van der Waals surface area contributed by atoms with Gasteiger partial charge in [0.1, 0.15) is 6.07 Å². The average molecular weight is 422 g/mol. The number of aryl methyl sites for hydroxylation is 1. The summed E-state index contributed by atoms with van der Waals surface area (Å²) >= 11 is 0. The summed E-state index contributed by atoms with van der Waals surface area (Å²) in [6, 6.07) is 11.4. The highest BCUT2D eigenvalue weighted by molar-refractivity contribution is 5.78. The van der Waals surface area contributed by atoms with E-state index in [4.69, 9.17) is 4.42 Å². The van der Waals surface area contributed by atoms with Crippen molar-refractivity contribution in [3.05, 3.63) is 47.0 Å². The SMILES string of the molecule is Cc1nc(C#N)c(N2CCN(C(=O)CN(Cc3ccc(C(C)C)cc3)C3CC3)CC2)o1. The van der Waals surface area contributed by atoms with Crippen LogP contribution in [-0.4, -0.2) is 59.5 Å². The minimum absolute atomic E-state index is 0.180. The Morgan fingerprint density at radius 2 is 1.90 bits per heavy atom. The van der Waals surface area contributed by atoms with Crippen molar-refractivity contribution in [2.75, 3.05) is 37.6 Å². The Balaban J connectivity index is 1.33. The normalized spacial score (nSPS) is 16.8. The predicted octanol–water partition coefficient (Wildman–Crippen LogP) is 3.29. The largest absolute Gasteiger partial charge is 0.424 e. The van der Waals surface area contributed by atoms with E-state index in [9.17, 15) is 10.1 Å². The molecule has 0 unspecified atom stereocenters. The Kier molecular flexibility index (Phi) is 6.28. The van der Waals surface area contributed by atoms with E-state index in [1.54, 1.807) is 6.92 Å². The van der Waals surface area contributed by atoms with E-state index in [0.717, 1.165) is 6.54 Å². The zero-order valence-electron chi connectivity index (χ0n) is 18.7. The number of anilines is 1. The van der Waals surface area contributed by atoms with Crippen LogP contribution in [0.25, 0.3) is 0 Å². The lowest BCUT2D eigenvalue weighted by molar-refractivity contribution is -0.133. The summed E-state index contributed by atoms with van der Waals surface area (Å²) in [5.74, 6) is 1.72. The minimum atomic E-state index is 0.180. The van der Waals surface area contributed by atoms with Crippen LogP contribution in [-0.2, 0) is 11.3 Å². The number of carbonyl (C=O) groups is 1. The Labute approximate surface area is 184 Å². The number of benzene rings is 1. The standard InChI is InChI=1S/C24H31N5O2/c1-17(2)20-6-4-19(5-7-20)15-29(21-8-9-21)16-23(30)27-10-12-28(13-11-27)24-22(14-25)26-18(3)31-24/h4-7,17,21H,8-13,15-16H2,1-3H3. The van der Waals surface area contributed by atoms with Gasteiger partial charge in [0, 0.05) is 45.7 Å². The second kappa shape index (κ2) is 9.11. The van der Waals surface area contributed by atoms with Crippen LogP contribution in [0.15, 0.2) is 28.7 Å². The summed E-state index contributed by atoms with van der Waals surface area (Å²) in [4.78, 5) is 23.4. The Hall–Kier alpha value is -2.85. The molecule has 0 N–H and O–H groups in total. The monoisotopic (exact) mass is 421 g/mol. The summed E-state index contributed by atoms with van der Waals surface area (Å²) in [5.41, 5.74) is 2.93. The van der Waals surface area contributed by atoms with Crippen molar-refractivity contribution in [1.29, 1.82) is 5.26 Å². The number of piperazine rings is 1. The molecule has 1 amide bonds. The molecule has 0 bridgehead atoms. The number of nitrogens with zero attached hydrogens (tertiary/aromatic N) is 5. The Bertz CT molecular complexity index is 947. The molecule has 1 aromatic heterocycles. The second-order valence-electron chi connectivity index (χ2n) is 8.90. The lowest BCUT2D eigenvalue weighted by Crippen LogP contribution is -2.51. The van der Waals surface area contributed by atoms with Gasteiger partial charge in [-0.2, -0.15) is 5.26 Å². The first kappa shape index (κ1) is 21.4. The van der Waals surface area contributed by atoms with E-state index in [1.165, 1.54) is 24.0 Å². The van der Waals surface area contributed by atoms with Gasteiger partial charge in [-0.25, -0.2) is 4.98 Å². The van der Waals surface area contributed by atoms with Crippen molar-refractivity contribution in [2.24, 2.45) is 0 Å². The molecule has 1 saturated carbocycles.